The van der Waals surface area contributed by atoms with Gasteiger partial charge in [0.1, 0.15) is 5.82 Å². The number of nitrogens with zero attached hydrogens (tertiary/aromatic N) is 6. The molecule has 0 aromatic carbocycles. The Balaban J connectivity index is 1.48. The number of carbonyl (C=O) groups excluding carboxylic acids is 1. The third-order valence-corrected chi connectivity index (χ3v) is 6.24. The van der Waals surface area contributed by atoms with E-state index in [4.69, 9.17) is 4.98 Å². The van der Waals surface area contributed by atoms with Gasteiger partial charge in [-0.2, -0.15) is 0 Å². The van der Waals surface area contributed by atoms with Crippen molar-refractivity contribution in [2.24, 2.45) is 0 Å². The van der Waals surface area contributed by atoms with Crippen LogP contribution in [0.1, 0.15) is 49.7 Å². The first kappa shape index (κ1) is 18.9. The summed E-state index contributed by atoms with van der Waals surface area (Å²) in [6, 6.07) is 0. The van der Waals surface area contributed by atoms with Gasteiger partial charge in [0.2, 0.25) is 11.9 Å². The van der Waals surface area contributed by atoms with E-state index >= 15 is 0 Å². The summed E-state index contributed by atoms with van der Waals surface area (Å²) < 4.78 is 2.10. The average Bonchev–Trinajstić information content (AvgIpc) is 3.30. The van der Waals surface area contributed by atoms with E-state index in [1.54, 1.807) is 0 Å². The van der Waals surface area contributed by atoms with Crippen LogP contribution in [0.4, 0.5) is 5.95 Å². The van der Waals surface area contributed by atoms with E-state index in [-0.39, 0.29) is 11.3 Å². The van der Waals surface area contributed by atoms with Crippen molar-refractivity contribution in [3.8, 4) is 0 Å². The summed E-state index contributed by atoms with van der Waals surface area (Å²) in [5, 5.41) is 0. The number of carbonyl (C=O) groups is 1. The maximum absolute atomic E-state index is 13.0. The van der Waals surface area contributed by atoms with E-state index in [0.29, 0.717) is 13.0 Å². The van der Waals surface area contributed by atoms with Crippen molar-refractivity contribution in [3.05, 3.63) is 35.7 Å². The smallest absolute Gasteiger partial charge is 0.225 e. The van der Waals surface area contributed by atoms with E-state index in [9.17, 15) is 4.79 Å². The van der Waals surface area contributed by atoms with Crippen molar-refractivity contribution < 1.29 is 4.79 Å². The largest absolute Gasteiger partial charge is 0.347 e. The average molecular weight is 383 g/mol. The monoisotopic (exact) mass is 382 g/mol. The third kappa shape index (κ3) is 3.38. The number of aromatic nitrogens is 4. The van der Waals surface area contributed by atoms with Crippen LogP contribution in [0.25, 0.3) is 0 Å². The van der Waals surface area contributed by atoms with E-state index in [2.05, 4.69) is 26.4 Å². The number of hydrogen-bond acceptors (Lipinski definition) is 5. The van der Waals surface area contributed by atoms with Crippen LogP contribution < -0.4 is 4.90 Å². The molecule has 4 rings (SSSR count). The van der Waals surface area contributed by atoms with Gasteiger partial charge in [0.15, 0.2) is 0 Å². The Kier molecular flexibility index (Phi) is 5.08. The molecule has 1 aliphatic carbocycles. The Morgan fingerprint density at radius 3 is 2.93 bits per heavy atom. The molecular weight excluding hydrogens is 352 g/mol. The summed E-state index contributed by atoms with van der Waals surface area (Å²) in [7, 11) is 3.95. The standard InChI is InChI=1S/C21H30N6O/c1-4-17-22-10-13-26(17)12-7-18(28)27-11-5-8-21(15-27)9-6-16-14-23-20(25(2)3)24-19(16)21/h10,13-14H,4-9,11-12,15H2,1-3H3. The summed E-state index contributed by atoms with van der Waals surface area (Å²) in [6.07, 6.45) is 11.4. The zero-order valence-corrected chi connectivity index (χ0v) is 17.2. The van der Waals surface area contributed by atoms with Gasteiger partial charge in [-0.3, -0.25) is 4.79 Å². The lowest BCUT2D eigenvalue weighted by atomic mass is 9.77. The molecule has 0 bridgehead atoms. The van der Waals surface area contributed by atoms with Crippen LogP contribution in [0.2, 0.25) is 0 Å². The van der Waals surface area contributed by atoms with Crippen LogP contribution in [0.15, 0.2) is 18.6 Å². The normalized spacial score (nSPS) is 21.2. The van der Waals surface area contributed by atoms with Gasteiger partial charge >= 0.3 is 0 Å². The summed E-state index contributed by atoms with van der Waals surface area (Å²) >= 11 is 0. The molecule has 0 radical (unpaired) electrons. The molecule has 2 aromatic rings. The lowest BCUT2D eigenvalue weighted by Crippen LogP contribution is -2.48. The second kappa shape index (κ2) is 7.53. The zero-order valence-electron chi connectivity index (χ0n) is 17.2. The van der Waals surface area contributed by atoms with Gasteiger partial charge in [0, 0.05) is 70.6 Å². The number of piperidine rings is 1. The molecule has 1 aliphatic heterocycles. The molecule has 1 atom stereocenters. The Labute approximate surface area is 166 Å². The van der Waals surface area contributed by atoms with Crippen molar-refractivity contribution in [1.82, 2.24) is 24.4 Å². The van der Waals surface area contributed by atoms with Crippen molar-refractivity contribution in [2.45, 2.75) is 57.4 Å². The lowest BCUT2D eigenvalue weighted by molar-refractivity contribution is -0.133. The summed E-state index contributed by atoms with van der Waals surface area (Å²) in [5.41, 5.74) is 2.43. The fraction of sp³-hybridized carbons (Fsp3) is 0.619. The minimum Gasteiger partial charge on any atom is -0.347 e. The molecule has 0 saturated carbocycles. The maximum atomic E-state index is 13.0. The summed E-state index contributed by atoms with van der Waals surface area (Å²) in [5.74, 6) is 2.04. The first-order valence-corrected chi connectivity index (χ1v) is 10.3. The van der Waals surface area contributed by atoms with Gasteiger partial charge < -0.3 is 14.4 Å². The fourth-order valence-corrected chi connectivity index (χ4v) is 4.72. The van der Waals surface area contributed by atoms with Crippen molar-refractivity contribution in [1.29, 1.82) is 0 Å². The Hall–Kier alpha value is -2.44. The number of hydrogen-bond donors (Lipinski definition) is 0. The number of amides is 1. The van der Waals surface area contributed by atoms with E-state index in [0.717, 1.165) is 57.0 Å². The van der Waals surface area contributed by atoms with Gasteiger partial charge in [-0.15, -0.1) is 0 Å². The molecular formula is C21H30N6O. The summed E-state index contributed by atoms with van der Waals surface area (Å²) in [4.78, 5) is 30.7. The highest BCUT2D eigenvalue weighted by atomic mass is 16.2. The summed E-state index contributed by atoms with van der Waals surface area (Å²) in [6.45, 7) is 4.44. The maximum Gasteiger partial charge on any atom is 0.225 e. The first-order chi connectivity index (χ1) is 13.5. The van der Waals surface area contributed by atoms with E-state index in [1.165, 1.54) is 11.3 Å². The predicted molar refractivity (Wildman–Crippen MR) is 108 cm³/mol. The minimum absolute atomic E-state index is 0.000523. The van der Waals surface area contributed by atoms with E-state index < -0.39 is 0 Å². The number of imidazole rings is 1. The van der Waals surface area contributed by atoms with Gasteiger partial charge in [0.05, 0.1) is 5.69 Å². The molecule has 0 N–H and O–H groups in total. The number of aryl methyl sites for hydroxylation is 3. The first-order valence-electron chi connectivity index (χ1n) is 10.3. The molecule has 7 heteroatoms. The number of rotatable bonds is 5. The fourth-order valence-electron chi connectivity index (χ4n) is 4.72. The molecule has 3 heterocycles. The molecule has 2 aliphatic rings. The topological polar surface area (TPSA) is 67.2 Å². The molecule has 2 aromatic heterocycles. The van der Waals surface area contributed by atoms with Crippen LogP contribution in [0.5, 0.6) is 0 Å². The molecule has 28 heavy (non-hydrogen) atoms. The van der Waals surface area contributed by atoms with Crippen LogP contribution in [0, 0.1) is 0 Å². The Morgan fingerprint density at radius 1 is 1.29 bits per heavy atom. The lowest BCUT2D eigenvalue weighted by Gasteiger charge is -2.40. The van der Waals surface area contributed by atoms with E-state index in [1.807, 2.05) is 37.6 Å². The zero-order chi connectivity index (χ0) is 19.7. The number of likely N-dealkylation sites (tertiary alicyclic amines) is 1. The Morgan fingerprint density at radius 2 is 2.14 bits per heavy atom. The molecule has 1 fully saturated rings. The van der Waals surface area contributed by atoms with Gasteiger partial charge in [-0.05, 0) is 31.2 Å². The predicted octanol–water partition coefficient (Wildman–Crippen LogP) is 2.20. The highest BCUT2D eigenvalue weighted by Gasteiger charge is 2.44. The van der Waals surface area contributed by atoms with Crippen molar-refractivity contribution in [3.63, 3.8) is 0 Å². The minimum atomic E-state index is 0.000523. The molecule has 1 spiro atoms. The molecule has 7 nitrogen and oxygen atoms in total. The van der Waals surface area contributed by atoms with Crippen LogP contribution in [-0.2, 0) is 29.6 Å². The molecule has 1 amide bonds. The van der Waals surface area contributed by atoms with Crippen molar-refractivity contribution >= 4 is 11.9 Å². The number of anilines is 1. The van der Waals surface area contributed by atoms with Crippen molar-refractivity contribution in [2.75, 3.05) is 32.1 Å². The Bertz CT molecular complexity index is 856. The third-order valence-electron chi connectivity index (χ3n) is 6.24. The van der Waals surface area contributed by atoms with Gasteiger partial charge in [-0.25, -0.2) is 15.0 Å². The number of fused-ring (bicyclic) bond motifs is 2. The van der Waals surface area contributed by atoms with Gasteiger partial charge in [-0.1, -0.05) is 6.92 Å². The highest BCUT2D eigenvalue weighted by Crippen LogP contribution is 2.44. The SMILES string of the molecule is CCc1nccn1CCC(=O)N1CCCC2(CCc3cnc(N(C)C)nc32)C1. The second-order valence-corrected chi connectivity index (χ2v) is 8.28. The molecule has 150 valence electrons. The second-order valence-electron chi connectivity index (χ2n) is 8.28. The van der Waals surface area contributed by atoms with Gasteiger partial charge in [0.25, 0.3) is 0 Å². The quantitative estimate of drug-likeness (QED) is 0.793. The van der Waals surface area contributed by atoms with Crippen LogP contribution >= 0.6 is 0 Å². The van der Waals surface area contributed by atoms with Crippen LogP contribution in [-0.4, -0.2) is 57.5 Å². The highest BCUT2D eigenvalue weighted by molar-refractivity contribution is 5.76. The van der Waals surface area contributed by atoms with Crippen LogP contribution in [0.3, 0.4) is 0 Å². The molecule has 1 unspecified atom stereocenters. The molecule has 1 saturated heterocycles.